The molecule has 12 heteroatoms. The van der Waals surface area contributed by atoms with Crippen LogP contribution in [-0.2, 0) is 19.2 Å². The van der Waals surface area contributed by atoms with Crippen molar-refractivity contribution in [1.29, 1.82) is 0 Å². The van der Waals surface area contributed by atoms with Gasteiger partial charge in [0.05, 0.1) is 0 Å². The number of amides is 4. The summed E-state index contributed by atoms with van der Waals surface area (Å²) in [6.07, 6.45) is 1.02. The number of carbonyl (C=O) groups is 4. The van der Waals surface area contributed by atoms with Crippen molar-refractivity contribution >= 4 is 46.8 Å². The van der Waals surface area contributed by atoms with Gasteiger partial charge in [0.25, 0.3) is 11.8 Å². The summed E-state index contributed by atoms with van der Waals surface area (Å²) in [5, 5.41) is 1.19. The van der Waals surface area contributed by atoms with E-state index in [0.29, 0.717) is 34.4 Å². The maximum atomic E-state index is 11.8. The van der Waals surface area contributed by atoms with Crippen molar-refractivity contribution in [1.82, 2.24) is 21.7 Å². The smallest absolute Gasteiger partial charge is 0.276 e. The maximum Gasteiger partial charge on any atom is 0.276 e. The van der Waals surface area contributed by atoms with Crippen LogP contribution < -0.4 is 31.2 Å². The number of unbranched alkanes of at least 4 members (excludes halogenated alkanes) is 1. The topological polar surface area (TPSA) is 135 Å². The minimum Gasteiger partial charge on any atom is -0.484 e. The van der Waals surface area contributed by atoms with Gasteiger partial charge in [-0.3, -0.25) is 40.9 Å². The third-order valence-corrected chi connectivity index (χ3v) is 5.59. The Bertz CT molecular complexity index is 1010. The lowest BCUT2D eigenvalue weighted by molar-refractivity contribution is -0.130. The lowest BCUT2D eigenvalue weighted by Gasteiger charge is -2.10. The summed E-state index contributed by atoms with van der Waals surface area (Å²) in [5.41, 5.74) is 10.7. The van der Waals surface area contributed by atoms with Crippen molar-refractivity contribution in [2.45, 2.75) is 39.5 Å². The van der Waals surface area contributed by atoms with Crippen molar-refractivity contribution in [3.05, 3.63) is 57.6 Å². The molecule has 4 amide bonds. The zero-order valence-corrected chi connectivity index (χ0v) is 21.4. The summed E-state index contributed by atoms with van der Waals surface area (Å²) in [6, 6.07) is 10.0. The Morgan fingerprint density at radius 2 is 1.00 bits per heavy atom. The summed E-state index contributed by atoms with van der Waals surface area (Å²) in [5.74, 6) is -0.903. The Morgan fingerprint density at radius 3 is 1.36 bits per heavy atom. The fourth-order valence-electron chi connectivity index (χ4n) is 2.76. The van der Waals surface area contributed by atoms with E-state index in [9.17, 15) is 19.2 Å². The summed E-state index contributed by atoms with van der Waals surface area (Å²) in [7, 11) is 0. The van der Waals surface area contributed by atoms with Crippen molar-refractivity contribution < 1.29 is 28.7 Å². The highest BCUT2D eigenvalue weighted by Gasteiger charge is 2.09. The van der Waals surface area contributed by atoms with Crippen molar-refractivity contribution in [3.63, 3.8) is 0 Å². The Hall–Kier alpha value is -3.50. The first kappa shape index (κ1) is 28.7. The Labute approximate surface area is 218 Å². The fraction of sp³-hybridized carbons (Fsp3) is 0.333. The molecule has 0 bridgehead atoms. The standard InChI is InChI=1S/C24H28Cl2N4O6/c1-15-11-17(7-9-19(15)25)35-13-23(33)29-27-21(31)5-3-4-6-22(32)28-30-24(34)14-36-18-8-10-20(26)16(2)12-18/h7-12H,3-6,13-14H2,1-2H3,(H,27,31)(H,28,32)(H,29,33)(H,30,34). The van der Waals surface area contributed by atoms with Gasteiger partial charge in [-0.2, -0.15) is 0 Å². The van der Waals surface area contributed by atoms with Gasteiger partial charge in [-0.05, 0) is 74.2 Å². The van der Waals surface area contributed by atoms with Crippen LogP contribution in [0.4, 0.5) is 0 Å². The van der Waals surface area contributed by atoms with E-state index in [-0.39, 0.29) is 26.1 Å². The summed E-state index contributed by atoms with van der Waals surface area (Å²) < 4.78 is 10.7. The van der Waals surface area contributed by atoms with E-state index in [0.717, 1.165) is 11.1 Å². The number of halogens is 2. The van der Waals surface area contributed by atoms with Crippen LogP contribution in [0.5, 0.6) is 11.5 Å². The molecule has 36 heavy (non-hydrogen) atoms. The van der Waals surface area contributed by atoms with E-state index in [1.165, 1.54) is 0 Å². The van der Waals surface area contributed by atoms with Gasteiger partial charge in [-0.15, -0.1) is 0 Å². The van der Waals surface area contributed by atoms with Gasteiger partial charge < -0.3 is 9.47 Å². The summed E-state index contributed by atoms with van der Waals surface area (Å²) >= 11 is 11.9. The number of hydrogen-bond acceptors (Lipinski definition) is 6. The average molecular weight is 539 g/mol. The van der Waals surface area contributed by atoms with E-state index in [2.05, 4.69) is 21.7 Å². The molecule has 0 aliphatic rings. The quantitative estimate of drug-likeness (QED) is 0.256. The van der Waals surface area contributed by atoms with Gasteiger partial charge in [0.2, 0.25) is 11.8 Å². The highest BCUT2D eigenvalue weighted by atomic mass is 35.5. The van der Waals surface area contributed by atoms with E-state index < -0.39 is 23.6 Å². The van der Waals surface area contributed by atoms with Gasteiger partial charge >= 0.3 is 0 Å². The highest BCUT2D eigenvalue weighted by molar-refractivity contribution is 6.31. The van der Waals surface area contributed by atoms with E-state index in [1.807, 2.05) is 13.8 Å². The molecule has 0 atom stereocenters. The molecule has 0 spiro atoms. The number of ether oxygens (including phenoxy) is 2. The predicted molar refractivity (Wildman–Crippen MR) is 134 cm³/mol. The second kappa shape index (κ2) is 14.8. The molecule has 0 saturated carbocycles. The van der Waals surface area contributed by atoms with Crippen LogP contribution in [0, 0.1) is 13.8 Å². The number of hydrogen-bond donors (Lipinski definition) is 4. The Kier molecular flexibility index (Phi) is 11.8. The average Bonchev–Trinajstić information content (AvgIpc) is 2.85. The normalized spacial score (nSPS) is 10.2. The van der Waals surface area contributed by atoms with Gasteiger partial charge in [0.15, 0.2) is 13.2 Å². The minimum atomic E-state index is -0.527. The largest absolute Gasteiger partial charge is 0.484 e. The molecule has 0 saturated heterocycles. The van der Waals surface area contributed by atoms with Crippen LogP contribution in [0.1, 0.15) is 36.8 Å². The first-order valence-electron chi connectivity index (χ1n) is 11.1. The van der Waals surface area contributed by atoms with Crippen molar-refractivity contribution in [2.24, 2.45) is 0 Å². The van der Waals surface area contributed by atoms with E-state index in [1.54, 1.807) is 36.4 Å². The van der Waals surface area contributed by atoms with Gasteiger partial charge in [0, 0.05) is 22.9 Å². The molecule has 0 unspecified atom stereocenters. The molecule has 10 nitrogen and oxygen atoms in total. The second-order valence-electron chi connectivity index (χ2n) is 7.80. The number of aryl methyl sites for hydroxylation is 2. The maximum absolute atomic E-state index is 11.8. The van der Waals surface area contributed by atoms with Gasteiger partial charge in [0.1, 0.15) is 11.5 Å². The first-order chi connectivity index (χ1) is 17.1. The molecule has 4 N–H and O–H groups in total. The predicted octanol–water partition coefficient (Wildman–Crippen LogP) is 2.92. The molecule has 0 aromatic heterocycles. The van der Waals surface area contributed by atoms with Crippen LogP contribution in [0.15, 0.2) is 36.4 Å². The molecule has 0 aliphatic heterocycles. The lowest BCUT2D eigenvalue weighted by atomic mass is 10.2. The Morgan fingerprint density at radius 1 is 0.639 bits per heavy atom. The molecule has 0 radical (unpaired) electrons. The van der Waals surface area contributed by atoms with Crippen molar-refractivity contribution in [2.75, 3.05) is 13.2 Å². The molecule has 2 aromatic carbocycles. The van der Waals surface area contributed by atoms with Crippen LogP contribution in [0.3, 0.4) is 0 Å². The first-order valence-corrected chi connectivity index (χ1v) is 11.8. The number of hydrazine groups is 2. The third-order valence-electron chi connectivity index (χ3n) is 4.74. The van der Waals surface area contributed by atoms with Crippen LogP contribution in [-0.4, -0.2) is 36.8 Å². The molecular formula is C24H28Cl2N4O6. The zero-order valence-electron chi connectivity index (χ0n) is 19.9. The minimum absolute atomic E-state index is 0.103. The molecule has 0 heterocycles. The molecule has 2 rings (SSSR count). The van der Waals surface area contributed by atoms with Crippen LogP contribution >= 0.6 is 23.2 Å². The Balaban J connectivity index is 1.51. The number of rotatable bonds is 11. The fourth-order valence-corrected chi connectivity index (χ4v) is 2.99. The second-order valence-corrected chi connectivity index (χ2v) is 8.61. The molecule has 194 valence electrons. The molecular weight excluding hydrogens is 511 g/mol. The number of benzene rings is 2. The third kappa shape index (κ3) is 10.8. The number of nitrogens with one attached hydrogen (secondary N) is 4. The van der Waals surface area contributed by atoms with Gasteiger partial charge in [-0.25, -0.2) is 0 Å². The molecule has 2 aromatic rings. The van der Waals surface area contributed by atoms with E-state index >= 15 is 0 Å². The van der Waals surface area contributed by atoms with Crippen LogP contribution in [0.25, 0.3) is 0 Å². The zero-order chi connectivity index (χ0) is 26.5. The van der Waals surface area contributed by atoms with E-state index in [4.69, 9.17) is 32.7 Å². The van der Waals surface area contributed by atoms with Crippen molar-refractivity contribution in [3.8, 4) is 11.5 Å². The van der Waals surface area contributed by atoms with Crippen LogP contribution in [0.2, 0.25) is 10.0 Å². The number of carbonyl (C=O) groups excluding carboxylic acids is 4. The van der Waals surface area contributed by atoms with Gasteiger partial charge in [-0.1, -0.05) is 23.2 Å². The summed E-state index contributed by atoms with van der Waals surface area (Å²) in [4.78, 5) is 47.3. The molecule has 0 aliphatic carbocycles. The SMILES string of the molecule is Cc1cc(OCC(=O)NNC(=O)CCCCC(=O)NNC(=O)COc2ccc(Cl)c(C)c2)ccc1Cl. The summed E-state index contributed by atoms with van der Waals surface area (Å²) in [6.45, 7) is 3.07. The monoisotopic (exact) mass is 538 g/mol. The molecule has 0 fully saturated rings. The lowest BCUT2D eigenvalue weighted by Crippen LogP contribution is -2.44. The highest BCUT2D eigenvalue weighted by Crippen LogP contribution is 2.21.